The van der Waals surface area contributed by atoms with Crippen molar-refractivity contribution < 1.29 is 16.8 Å². The smallest absolute Gasteiger partial charge is 0.231 e. The van der Waals surface area contributed by atoms with E-state index in [-0.39, 0.29) is 12.0 Å². The molecule has 31 heavy (non-hydrogen) atoms. The maximum absolute atomic E-state index is 12.4. The predicted molar refractivity (Wildman–Crippen MR) is 126 cm³/mol. The summed E-state index contributed by atoms with van der Waals surface area (Å²) >= 11 is 0. The molecule has 0 aromatic heterocycles. The van der Waals surface area contributed by atoms with Crippen LogP contribution in [0.5, 0.6) is 0 Å². The summed E-state index contributed by atoms with van der Waals surface area (Å²) in [6, 6.07) is 15.3. The molecule has 0 radical (unpaired) electrons. The first-order valence-corrected chi connectivity index (χ1v) is 13.6. The van der Waals surface area contributed by atoms with Crippen LogP contribution in [0.25, 0.3) is 11.1 Å². The molecule has 9 heteroatoms. The third-order valence-electron chi connectivity index (χ3n) is 5.82. The normalized spacial score (nSPS) is 20.3. The van der Waals surface area contributed by atoms with Crippen LogP contribution in [-0.4, -0.2) is 66.5 Å². The Morgan fingerprint density at radius 3 is 2.23 bits per heavy atom. The number of hydrogen-bond donors (Lipinski definition) is 1. The molecule has 1 N–H and O–H groups in total. The Labute approximate surface area is 186 Å². The molecular formula is C22H31N3O4S2. The van der Waals surface area contributed by atoms with Crippen molar-refractivity contribution >= 4 is 25.7 Å². The van der Waals surface area contributed by atoms with E-state index in [2.05, 4.69) is 9.62 Å². The Hall–Kier alpha value is -1.94. The molecule has 0 amide bonds. The van der Waals surface area contributed by atoms with Crippen molar-refractivity contribution in [1.29, 1.82) is 0 Å². The van der Waals surface area contributed by atoms with E-state index in [0.717, 1.165) is 23.2 Å². The Morgan fingerprint density at radius 2 is 1.65 bits per heavy atom. The summed E-state index contributed by atoms with van der Waals surface area (Å²) in [5, 5.41) is -0.473. The molecule has 3 rings (SSSR count). The maximum atomic E-state index is 12.4. The summed E-state index contributed by atoms with van der Waals surface area (Å²) < 4.78 is 52.6. The fourth-order valence-corrected chi connectivity index (χ4v) is 5.23. The van der Waals surface area contributed by atoms with Crippen molar-refractivity contribution in [2.75, 3.05) is 37.7 Å². The highest BCUT2D eigenvalue weighted by Crippen LogP contribution is 2.31. The van der Waals surface area contributed by atoms with Crippen molar-refractivity contribution in [3.8, 4) is 11.1 Å². The third kappa shape index (κ3) is 5.46. The van der Waals surface area contributed by atoms with Gasteiger partial charge in [0.15, 0.2) is 0 Å². The first kappa shape index (κ1) is 23.7. The summed E-state index contributed by atoms with van der Waals surface area (Å²) in [6.07, 6.45) is 1.18. The molecule has 1 aliphatic rings. The summed E-state index contributed by atoms with van der Waals surface area (Å²) in [4.78, 5) is 2.14. The number of rotatable bonds is 7. The van der Waals surface area contributed by atoms with Gasteiger partial charge in [-0.05, 0) is 49.7 Å². The number of hydrogen-bond acceptors (Lipinski definition) is 5. The van der Waals surface area contributed by atoms with Crippen molar-refractivity contribution in [1.82, 2.24) is 9.62 Å². The van der Waals surface area contributed by atoms with Crippen LogP contribution in [0, 0.1) is 0 Å². The monoisotopic (exact) mass is 465 g/mol. The van der Waals surface area contributed by atoms with Gasteiger partial charge in [0.1, 0.15) is 0 Å². The zero-order chi connectivity index (χ0) is 23.0. The lowest BCUT2D eigenvalue weighted by Gasteiger charge is -2.22. The molecule has 0 unspecified atom stereocenters. The van der Waals surface area contributed by atoms with Gasteiger partial charge in [-0.1, -0.05) is 36.4 Å². The Kier molecular flexibility index (Phi) is 6.81. The second-order valence-electron chi connectivity index (χ2n) is 8.55. The van der Waals surface area contributed by atoms with Gasteiger partial charge in [-0.25, -0.2) is 21.6 Å². The molecule has 0 aliphatic carbocycles. The molecule has 1 aliphatic heterocycles. The van der Waals surface area contributed by atoms with Gasteiger partial charge in [0, 0.05) is 32.1 Å². The molecule has 0 saturated carbocycles. The fraction of sp³-hybridized carbons (Fsp3) is 0.455. The zero-order valence-corrected chi connectivity index (χ0v) is 20.2. The minimum atomic E-state index is -3.35. The van der Waals surface area contributed by atoms with Crippen LogP contribution in [-0.2, 0) is 20.0 Å². The van der Waals surface area contributed by atoms with Crippen LogP contribution >= 0.6 is 0 Å². The molecule has 0 bridgehead atoms. The van der Waals surface area contributed by atoms with Crippen LogP contribution in [0.3, 0.4) is 0 Å². The second-order valence-corrected chi connectivity index (χ2v) is 12.8. The third-order valence-corrected chi connectivity index (χ3v) is 8.90. The van der Waals surface area contributed by atoms with E-state index >= 15 is 0 Å². The standard InChI is InChI=1S/C22H31N3O4S2/c1-16(2)31(28,29)23-22-15-24(3)14-21(22)18-11-9-17(10-12-18)19-7-6-8-20(13-19)25(4)30(5,26)27/h6-13,16,21-23H,14-15H2,1-5H3/t21-,22+/m1/s1. The Balaban J connectivity index is 1.84. The predicted octanol–water partition coefficient (Wildman–Crippen LogP) is 2.47. The Morgan fingerprint density at radius 1 is 1.00 bits per heavy atom. The maximum Gasteiger partial charge on any atom is 0.231 e. The lowest BCUT2D eigenvalue weighted by atomic mass is 9.93. The molecule has 1 fully saturated rings. The van der Waals surface area contributed by atoms with Gasteiger partial charge in [0.2, 0.25) is 20.0 Å². The van der Waals surface area contributed by atoms with Crippen LogP contribution in [0.15, 0.2) is 48.5 Å². The SMILES string of the molecule is CC(C)S(=O)(=O)N[C@H]1CN(C)C[C@@H]1c1ccc(-c2cccc(N(C)S(C)(=O)=O)c2)cc1. The van der Waals surface area contributed by atoms with Crippen LogP contribution in [0.2, 0.25) is 0 Å². The molecule has 0 spiro atoms. The molecule has 2 atom stereocenters. The second kappa shape index (κ2) is 8.90. The van der Waals surface area contributed by atoms with E-state index in [4.69, 9.17) is 0 Å². The number of likely N-dealkylation sites (tertiary alicyclic amines) is 1. The molecule has 7 nitrogen and oxygen atoms in total. The topological polar surface area (TPSA) is 86.8 Å². The zero-order valence-electron chi connectivity index (χ0n) is 18.6. The number of nitrogens with one attached hydrogen (secondary N) is 1. The molecule has 170 valence electrons. The van der Waals surface area contributed by atoms with Crippen molar-refractivity contribution in [3.05, 3.63) is 54.1 Å². The van der Waals surface area contributed by atoms with Gasteiger partial charge >= 0.3 is 0 Å². The number of sulfonamides is 2. The molecule has 2 aromatic carbocycles. The van der Waals surface area contributed by atoms with E-state index < -0.39 is 25.3 Å². The number of anilines is 1. The highest BCUT2D eigenvalue weighted by molar-refractivity contribution is 7.92. The van der Waals surface area contributed by atoms with Gasteiger partial charge in [-0.3, -0.25) is 4.31 Å². The van der Waals surface area contributed by atoms with Crippen molar-refractivity contribution in [2.45, 2.75) is 31.1 Å². The van der Waals surface area contributed by atoms with E-state index in [1.165, 1.54) is 17.6 Å². The van der Waals surface area contributed by atoms with Gasteiger partial charge in [-0.15, -0.1) is 0 Å². The Bertz CT molecular complexity index is 1130. The molecule has 1 heterocycles. The summed E-state index contributed by atoms with van der Waals surface area (Å²) in [7, 11) is -3.16. The highest BCUT2D eigenvalue weighted by Gasteiger charge is 2.35. The van der Waals surface area contributed by atoms with Crippen LogP contribution in [0.1, 0.15) is 25.3 Å². The fourth-order valence-electron chi connectivity index (χ4n) is 3.80. The summed E-state index contributed by atoms with van der Waals surface area (Å²) in [5.41, 5.74) is 3.57. The number of benzene rings is 2. The van der Waals surface area contributed by atoms with Gasteiger partial charge in [0.05, 0.1) is 17.2 Å². The van der Waals surface area contributed by atoms with E-state index in [1.54, 1.807) is 19.9 Å². The van der Waals surface area contributed by atoms with E-state index in [9.17, 15) is 16.8 Å². The van der Waals surface area contributed by atoms with Crippen molar-refractivity contribution in [3.63, 3.8) is 0 Å². The first-order valence-electron chi connectivity index (χ1n) is 10.2. The largest absolute Gasteiger partial charge is 0.304 e. The average Bonchev–Trinajstić information content (AvgIpc) is 3.06. The highest BCUT2D eigenvalue weighted by atomic mass is 32.2. The summed E-state index contributed by atoms with van der Waals surface area (Å²) in [6.45, 7) is 4.80. The quantitative estimate of drug-likeness (QED) is 0.679. The minimum absolute atomic E-state index is 0.0651. The number of likely N-dealkylation sites (N-methyl/N-ethyl adjacent to an activating group) is 1. The number of nitrogens with zero attached hydrogens (tertiary/aromatic N) is 2. The van der Waals surface area contributed by atoms with Gasteiger partial charge in [-0.2, -0.15) is 0 Å². The van der Waals surface area contributed by atoms with Crippen molar-refractivity contribution in [2.24, 2.45) is 0 Å². The van der Waals surface area contributed by atoms with Crippen LogP contribution < -0.4 is 9.03 Å². The molecule has 1 saturated heterocycles. The minimum Gasteiger partial charge on any atom is -0.304 e. The van der Waals surface area contributed by atoms with E-state index in [0.29, 0.717) is 12.2 Å². The average molecular weight is 466 g/mol. The first-order chi connectivity index (χ1) is 14.4. The van der Waals surface area contributed by atoms with Gasteiger partial charge < -0.3 is 4.90 Å². The lowest BCUT2D eigenvalue weighted by Crippen LogP contribution is -2.42. The van der Waals surface area contributed by atoms with Crippen LogP contribution in [0.4, 0.5) is 5.69 Å². The van der Waals surface area contributed by atoms with E-state index in [1.807, 2.05) is 49.5 Å². The lowest BCUT2D eigenvalue weighted by molar-refractivity contribution is 0.404. The van der Waals surface area contributed by atoms with Gasteiger partial charge in [0.25, 0.3) is 0 Å². The molecular weight excluding hydrogens is 434 g/mol. The molecule has 2 aromatic rings. The summed E-state index contributed by atoms with van der Waals surface area (Å²) in [5.74, 6) is 0.0651.